The van der Waals surface area contributed by atoms with E-state index in [0.717, 1.165) is 43.9 Å². The van der Waals surface area contributed by atoms with E-state index in [-0.39, 0.29) is 29.5 Å². The van der Waals surface area contributed by atoms with Gasteiger partial charge in [0.15, 0.2) is 0 Å². The van der Waals surface area contributed by atoms with Gasteiger partial charge in [-0.15, -0.1) is 0 Å². The zero-order valence-electron chi connectivity index (χ0n) is 15.2. The lowest BCUT2D eigenvalue weighted by atomic mass is 9.47. The van der Waals surface area contributed by atoms with Crippen molar-refractivity contribution < 1.29 is 15.3 Å². The van der Waals surface area contributed by atoms with Gasteiger partial charge in [0.1, 0.15) is 0 Å². The molecular formula is C21H34O3. The van der Waals surface area contributed by atoms with E-state index in [4.69, 9.17) is 0 Å². The maximum atomic E-state index is 10.3. The third-order valence-corrected chi connectivity index (χ3v) is 8.80. The largest absolute Gasteiger partial charge is 0.394 e. The van der Waals surface area contributed by atoms with Gasteiger partial charge in [0, 0.05) is 0 Å². The average Bonchev–Trinajstić information content (AvgIpc) is 2.92. The quantitative estimate of drug-likeness (QED) is 0.679. The van der Waals surface area contributed by atoms with Gasteiger partial charge >= 0.3 is 0 Å². The lowest BCUT2D eigenvalue weighted by Crippen LogP contribution is -2.51. The highest BCUT2D eigenvalue weighted by atomic mass is 16.3. The Kier molecular flexibility index (Phi) is 4.14. The number of aliphatic hydroxyl groups excluding tert-OH is 3. The Labute approximate surface area is 146 Å². The van der Waals surface area contributed by atoms with E-state index in [1.807, 2.05) is 0 Å². The van der Waals surface area contributed by atoms with Gasteiger partial charge in [0.25, 0.3) is 0 Å². The molecule has 1 unspecified atom stereocenters. The summed E-state index contributed by atoms with van der Waals surface area (Å²) in [5, 5.41) is 29.9. The summed E-state index contributed by atoms with van der Waals surface area (Å²) in [6, 6.07) is 0. The van der Waals surface area contributed by atoms with E-state index in [9.17, 15) is 15.3 Å². The van der Waals surface area contributed by atoms with E-state index in [0.29, 0.717) is 5.92 Å². The summed E-state index contributed by atoms with van der Waals surface area (Å²) in [5.74, 6) is 2.42. The minimum absolute atomic E-state index is 0.0965. The van der Waals surface area contributed by atoms with Gasteiger partial charge in [0.2, 0.25) is 0 Å². The fraction of sp³-hybridized carbons (Fsp3) is 0.905. The van der Waals surface area contributed by atoms with Crippen LogP contribution in [0.15, 0.2) is 11.6 Å². The first-order chi connectivity index (χ1) is 11.4. The van der Waals surface area contributed by atoms with Gasteiger partial charge in [-0.1, -0.05) is 25.5 Å². The van der Waals surface area contributed by atoms with Crippen LogP contribution in [0, 0.1) is 34.5 Å². The van der Waals surface area contributed by atoms with E-state index in [2.05, 4.69) is 19.9 Å². The molecule has 0 radical (unpaired) electrons. The maximum absolute atomic E-state index is 10.3. The van der Waals surface area contributed by atoms with Crippen LogP contribution < -0.4 is 0 Å². The van der Waals surface area contributed by atoms with Gasteiger partial charge in [-0.2, -0.15) is 0 Å². The van der Waals surface area contributed by atoms with Crippen LogP contribution in [-0.4, -0.2) is 34.1 Å². The van der Waals surface area contributed by atoms with Crippen molar-refractivity contribution in [3.8, 4) is 0 Å². The fourth-order valence-corrected chi connectivity index (χ4v) is 7.44. The number of hydrogen-bond donors (Lipinski definition) is 3. The lowest BCUT2D eigenvalue weighted by Gasteiger charge is -2.58. The highest BCUT2D eigenvalue weighted by molar-refractivity contribution is 5.25. The molecule has 3 saturated carbocycles. The molecule has 4 aliphatic carbocycles. The average molecular weight is 335 g/mol. The Morgan fingerprint density at radius 3 is 2.67 bits per heavy atom. The van der Waals surface area contributed by atoms with E-state index < -0.39 is 6.10 Å². The van der Waals surface area contributed by atoms with E-state index in [1.165, 1.54) is 24.8 Å². The van der Waals surface area contributed by atoms with E-state index in [1.54, 1.807) is 0 Å². The third-order valence-electron chi connectivity index (χ3n) is 8.80. The molecule has 0 amide bonds. The van der Waals surface area contributed by atoms with E-state index >= 15 is 0 Å². The zero-order valence-corrected chi connectivity index (χ0v) is 15.2. The minimum atomic E-state index is -0.549. The van der Waals surface area contributed by atoms with Crippen LogP contribution in [0.1, 0.15) is 65.2 Å². The van der Waals surface area contributed by atoms with Crippen LogP contribution >= 0.6 is 0 Å². The van der Waals surface area contributed by atoms with Crippen molar-refractivity contribution in [3.05, 3.63) is 11.6 Å². The topological polar surface area (TPSA) is 60.7 Å². The summed E-state index contributed by atoms with van der Waals surface area (Å²) in [6.45, 7) is 4.75. The molecule has 136 valence electrons. The second-order valence-corrected chi connectivity index (χ2v) is 9.63. The Bertz CT molecular complexity index is 529. The molecule has 4 aliphatic rings. The summed E-state index contributed by atoms with van der Waals surface area (Å²) in [4.78, 5) is 0. The summed E-state index contributed by atoms with van der Waals surface area (Å²) < 4.78 is 0. The Morgan fingerprint density at radius 2 is 1.92 bits per heavy atom. The molecule has 0 spiro atoms. The van der Waals surface area contributed by atoms with Crippen LogP contribution in [0.25, 0.3) is 0 Å². The second-order valence-electron chi connectivity index (χ2n) is 9.63. The highest BCUT2D eigenvalue weighted by Crippen LogP contribution is 2.66. The number of allylic oxidation sites excluding steroid dienone is 1. The van der Waals surface area contributed by atoms with Gasteiger partial charge < -0.3 is 15.3 Å². The first-order valence-corrected chi connectivity index (χ1v) is 10.1. The van der Waals surface area contributed by atoms with Crippen LogP contribution in [0.5, 0.6) is 0 Å². The van der Waals surface area contributed by atoms with Gasteiger partial charge in [-0.3, -0.25) is 0 Å². The molecule has 0 aromatic rings. The fourth-order valence-electron chi connectivity index (χ4n) is 7.44. The number of hydrogen-bond acceptors (Lipinski definition) is 3. The summed E-state index contributed by atoms with van der Waals surface area (Å²) >= 11 is 0. The molecule has 3 nitrogen and oxygen atoms in total. The monoisotopic (exact) mass is 334 g/mol. The molecule has 0 aromatic carbocycles. The Hall–Kier alpha value is -0.380. The first-order valence-electron chi connectivity index (χ1n) is 10.1. The smallest absolute Gasteiger partial charge is 0.0804 e. The molecule has 0 aliphatic heterocycles. The Morgan fingerprint density at radius 1 is 1.12 bits per heavy atom. The maximum Gasteiger partial charge on any atom is 0.0804 e. The van der Waals surface area contributed by atoms with Crippen molar-refractivity contribution in [1.82, 2.24) is 0 Å². The second kappa shape index (κ2) is 5.82. The van der Waals surface area contributed by atoms with Gasteiger partial charge in [0.05, 0.1) is 18.8 Å². The molecule has 4 rings (SSSR count). The van der Waals surface area contributed by atoms with Crippen LogP contribution in [0.2, 0.25) is 0 Å². The molecule has 0 heterocycles. The van der Waals surface area contributed by atoms with Crippen molar-refractivity contribution in [1.29, 1.82) is 0 Å². The standard InChI is InChI=1S/C21H34O3/c1-20-9-7-14(23)11-13(20)3-4-15-16-5-6-18(19(24)12-22)21(16,2)10-8-17(15)20/h3,14-19,22-24H,4-12H2,1-2H3/t14-,15+,16+,17+,18-,19?,20+,21+/m1/s1. The third kappa shape index (κ3) is 2.27. The van der Waals surface area contributed by atoms with Crippen molar-refractivity contribution >= 4 is 0 Å². The van der Waals surface area contributed by atoms with Crippen molar-refractivity contribution in [2.75, 3.05) is 6.61 Å². The van der Waals surface area contributed by atoms with Gasteiger partial charge in [-0.05, 0) is 85.9 Å². The number of fused-ring (bicyclic) bond motifs is 5. The molecule has 0 aromatic heterocycles. The first kappa shape index (κ1) is 17.1. The molecule has 24 heavy (non-hydrogen) atoms. The predicted molar refractivity (Wildman–Crippen MR) is 94.3 cm³/mol. The lowest BCUT2D eigenvalue weighted by molar-refractivity contribution is -0.0779. The van der Waals surface area contributed by atoms with Crippen molar-refractivity contribution in [2.45, 2.75) is 77.4 Å². The van der Waals surface area contributed by atoms with Gasteiger partial charge in [-0.25, -0.2) is 0 Å². The minimum Gasteiger partial charge on any atom is -0.394 e. The van der Waals surface area contributed by atoms with Crippen LogP contribution in [0.3, 0.4) is 0 Å². The van der Waals surface area contributed by atoms with Crippen molar-refractivity contribution in [3.63, 3.8) is 0 Å². The SMILES string of the molecule is C[C@]12CC[C@H]3[C@@H](CC=C4C[C@H](O)CC[C@@]43C)[C@@H]1CC[C@@H]2C(O)CO. The molecule has 0 bridgehead atoms. The molecule has 0 saturated heterocycles. The molecule has 8 atom stereocenters. The molecule has 3 N–H and O–H groups in total. The molecule has 3 heteroatoms. The number of rotatable bonds is 2. The highest BCUT2D eigenvalue weighted by Gasteiger charge is 2.59. The van der Waals surface area contributed by atoms with Crippen LogP contribution in [-0.2, 0) is 0 Å². The molecular weight excluding hydrogens is 300 g/mol. The molecule has 3 fully saturated rings. The normalized spacial score (nSPS) is 52.0. The predicted octanol–water partition coefficient (Wildman–Crippen LogP) is 3.28. The Balaban J connectivity index is 1.63. The summed E-state index contributed by atoms with van der Waals surface area (Å²) in [6.07, 6.45) is 10.6. The summed E-state index contributed by atoms with van der Waals surface area (Å²) in [7, 11) is 0. The van der Waals surface area contributed by atoms with Crippen molar-refractivity contribution in [2.24, 2.45) is 34.5 Å². The number of aliphatic hydroxyl groups is 3. The van der Waals surface area contributed by atoms with Crippen LogP contribution in [0.4, 0.5) is 0 Å². The summed E-state index contributed by atoms with van der Waals surface area (Å²) in [5.41, 5.74) is 2.01. The zero-order chi connectivity index (χ0) is 17.1.